The van der Waals surface area contributed by atoms with E-state index in [0.717, 1.165) is 44.3 Å². The van der Waals surface area contributed by atoms with Crippen molar-refractivity contribution in [3.8, 4) is 0 Å². The molecular formula is C16H21Cl2NO. The predicted octanol–water partition coefficient (Wildman–Crippen LogP) is 4.27. The smallest absolute Gasteiger partial charge is 0.143 e. The summed E-state index contributed by atoms with van der Waals surface area (Å²) >= 11 is 11.9. The Morgan fingerprint density at radius 2 is 1.95 bits per heavy atom. The van der Waals surface area contributed by atoms with Crippen molar-refractivity contribution in [2.24, 2.45) is 5.41 Å². The van der Waals surface area contributed by atoms with Gasteiger partial charge in [-0.2, -0.15) is 0 Å². The van der Waals surface area contributed by atoms with E-state index >= 15 is 0 Å². The lowest BCUT2D eigenvalue weighted by molar-refractivity contribution is -0.130. The van der Waals surface area contributed by atoms with Crippen LogP contribution in [0.5, 0.6) is 0 Å². The fourth-order valence-electron chi connectivity index (χ4n) is 3.07. The van der Waals surface area contributed by atoms with Crippen molar-refractivity contribution >= 4 is 29.0 Å². The van der Waals surface area contributed by atoms with Gasteiger partial charge in [-0.05, 0) is 50.0 Å². The van der Waals surface area contributed by atoms with Gasteiger partial charge in [0.2, 0.25) is 0 Å². The Balaban J connectivity index is 2.13. The molecule has 0 amide bonds. The highest BCUT2D eigenvalue weighted by atomic mass is 35.5. The Morgan fingerprint density at radius 1 is 1.25 bits per heavy atom. The van der Waals surface area contributed by atoms with Crippen molar-refractivity contribution in [2.45, 2.75) is 39.0 Å². The monoisotopic (exact) mass is 313 g/mol. The summed E-state index contributed by atoms with van der Waals surface area (Å²) < 4.78 is 0. The number of carbonyl (C=O) groups excluding carboxylic acids is 1. The lowest BCUT2D eigenvalue weighted by Crippen LogP contribution is -2.42. The summed E-state index contributed by atoms with van der Waals surface area (Å²) in [7, 11) is 0. The van der Waals surface area contributed by atoms with Crippen LogP contribution in [0, 0.1) is 5.41 Å². The molecule has 1 aliphatic rings. The molecule has 1 saturated heterocycles. The van der Waals surface area contributed by atoms with E-state index in [2.05, 4.69) is 12.2 Å². The zero-order valence-corrected chi connectivity index (χ0v) is 13.4. The molecular weight excluding hydrogens is 293 g/mol. The molecule has 110 valence electrons. The number of carbonyl (C=O) groups is 1. The number of nitrogens with one attached hydrogen (secondary N) is 1. The van der Waals surface area contributed by atoms with E-state index in [-0.39, 0.29) is 5.41 Å². The highest BCUT2D eigenvalue weighted by molar-refractivity contribution is 6.42. The Kier molecular flexibility index (Phi) is 5.48. The normalized spacial score (nSPS) is 17.9. The van der Waals surface area contributed by atoms with Crippen molar-refractivity contribution in [1.29, 1.82) is 0 Å². The maximum atomic E-state index is 12.8. The van der Waals surface area contributed by atoms with E-state index in [1.165, 1.54) is 0 Å². The molecule has 1 heterocycles. The zero-order chi connectivity index (χ0) is 14.6. The fourth-order valence-corrected chi connectivity index (χ4v) is 3.40. The molecule has 0 saturated carbocycles. The lowest BCUT2D eigenvalue weighted by Gasteiger charge is -2.36. The van der Waals surface area contributed by atoms with Crippen molar-refractivity contribution in [3.05, 3.63) is 33.8 Å². The first-order valence-electron chi connectivity index (χ1n) is 7.25. The number of piperidine rings is 1. The van der Waals surface area contributed by atoms with Crippen LogP contribution in [0.25, 0.3) is 0 Å². The van der Waals surface area contributed by atoms with Crippen molar-refractivity contribution in [2.75, 3.05) is 13.1 Å². The molecule has 1 N–H and O–H groups in total. The standard InChI is InChI=1S/C16H21Cl2NO/c1-2-5-16(6-8-19-9-7-16)15(20)11-12-3-4-13(17)14(18)10-12/h3-4,10,19H,2,5-9,11H2,1H3. The minimum Gasteiger partial charge on any atom is -0.317 e. The third-order valence-corrected chi connectivity index (χ3v) is 4.97. The zero-order valence-electron chi connectivity index (χ0n) is 11.8. The number of hydrogen-bond acceptors (Lipinski definition) is 2. The molecule has 2 rings (SSSR count). The lowest BCUT2D eigenvalue weighted by atomic mass is 9.70. The summed E-state index contributed by atoms with van der Waals surface area (Å²) in [4.78, 5) is 12.8. The molecule has 2 nitrogen and oxygen atoms in total. The molecule has 4 heteroatoms. The highest BCUT2D eigenvalue weighted by Crippen LogP contribution is 2.36. The van der Waals surface area contributed by atoms with E-state index in [1.807, 2.05) is 12.1 Å². The summed E-state index contributed by atoms with van der Waals surface area (Å²) in [6.07, 6.45) is 4.38. The first-order chi connectivity index (χ1) is 9.57. The molecule has 0 aliphatic carbocycles. The van der Waals surface area contributed by atoms with Gasteiger partial charge in [-0.15, -0.1) is 0 Å². The van der Waals surface area contributed by atoms with Gasteiger partial charge in [0.15, 0.2) is 0 Å². The van der Waals surface area contributed by atoms with Crippen LogP contribution < -0.4 is 5.32 Å². The Labute approximate surface area is 130 Å². The van der Waals surface area contributed by atoms with E-state index in [4.69, 9.17) is 23.2 Å². The van der Waals surface area contributed by atoms with Crippen LogP contribution in [-0.4, -0.2) is 18.9 Å². The largest absolute Gasteiger partial charge is 0.317 e. The summed E-state index contributed by atoms with van der Waals surface area (Å²) in [5.74, 6) is 0.347. The van der Waals surface area contributed by atoms with Crippen LogP contribution in [0.4, 0.5) is 0 Å². The first-order valence-corrected chi connectivity index (χ1v) is 8.01. The van der Waals surface area contributed by atoms with Crippen molar-refractivity contribution in [1.82, 2.24) is 5.32 Å². The first kappa shape index (κ1) is 15.8. The fraction of sp³-hybridized carbons (Fsp3) is 0.562. The van der Waals surface area contributed by atoms with Gasteiger partial charge in [-0.25, -0.2) is 0 Å². The van der Waals surface area contributed by atoms with Gasteiger partial charge < -0.3 is 5.32 Å². The van der Waals surface area contributed by atoms with Gasteiger partial charge in [0.05, 0.1) is 10.0 Å². The molecule has 1 aromatic carbocycles. The van der Waals surface area contributed by atoms with Gasteiger partial charge in [0, 0.05) is 11.8 Å². The van der Waals surface area contributed by atoms with E-state index in [9.17, 15) is 4.79 Å². The molecule has 1 aromatic rings. The number of benzene rings is 1. The van der Waals surface area contributed by atoms with Gasteiger partial charge in [0.1, 0.15) is 5.78 Å². The van der Waals surface area contributed by atoms with Crippen LogP contribution in [-0.2, 0) is 11.2 Å². The number of halogens is 2. The second-order valence-corrected chi connectivity index (χ2v) is 6.44. The summed E-state index contributed by atoms with van der Waals surface area (Å²) in [6.45, 7) is 4.02. The summed E-state index contributed by atoms with van der Waals surface area (Å²) in [5, 5.41) is 4.40. The van der Waals surface area contributed by atoms with Crippen LogP contribution >= 0.6 is 23.2 Å². The minimum atomic E-state index is -0.147. The minimum absolute atomic E-state index is 0.147. The Morgan fingerprint density at radius 3 is 2.55 bits per heavy atom. The molecule has 20 heavy (non-hydrogen) atoms. The summed E-state index contributed by atoms with van der Waals surface area (Å²) in [6, 6.07) is 5.47. The molecule has 0 radical (unpaired) electrons. The van der Waals surface area contributed by atoms with Crippen molar-refractivity contribution < 1.29 is 4.79 Å². The highest BCUT2D eigenvalue weighted by Gasteiger charge is 2.37. The third kappa shape index (κ3) is 3.55. The molecule has 1 fully saturated rings. The SMILES string of the molecule is CCCC1(C(=O)Cc2ccc(Cl)c(Cl)c2)CCNCC1. The van der Waals surface area contributed by atoms with Crippen LogP contribution in [0.3, 0.4) is 0 Å². The molecule has 0 aromatic heterocycles. The maximum Gasteiger partial charge on any atom is 0.143 e. The topological polar surface area (TPSA) is 29.1 Å². The van der Waals surface area contributed by atoms with Crippen LogP contribution in [0.15, 0.2) is 18.2 Å². The number of Topliss-reactive ketones (excluding diaryl/α,β-unsaturated/α-hetero) is 1. The second-order valence-electron chi connectivity index (χ2n) is 5.63. The van der Waals surface area contributed by atoms with Gasteiger partial charge >= 0.3 is 0 Å². The Hall–Kier alpha value is -0.570. The number of ketones is 1. The molecule has 0 unspecified atom stereocenters. The van der Waals surface area contributed by atoms with Crippen LogP contribution in [0.2, 0.25) is 10.0 Å². The number of rotatable bonds is 5. The number of hydrogen-bond donors (Lipinski definition) is 1. The van der Waals surface area contributed by atoms with Gasteiger partial charge in [-0.3, -0.25) is 4.79 Å². The molecule has 0 spiro atoms. The molecule has 1 aliphatic heterocycles. The van der Waals surface area contributed by atoms with Crippen LogP contribution in [0.1, 0.15) is 38.2 Å². The van der Waals surface area contributed by atoms with Gasteiger partial charge in [-0.1, -0.05) is 42.6 Å². The average molecular weight is 314 g/mol. The molecule has 0 atom stereocenters. The maximum absolute atomic E-state index is 12.8. The third-order valence-electron chi connectivity index (χ3n) is 4.23. The van der Waals surface area contributed by atoms with Gasteiger partial charge in [0.25, 0.3) is 0 Å². The van der Waals surface area contributed by atoms with E-state index < -0.39 is 0 Å². The Bertz CT molecular complexity index is 476. The second kappa shape index (κ2) is 6.93. The predicted molar refractivity (Wildman–Crippen MR) is 84.6 cm³/mol. The van der Waals surface area contributed by atoms with Crippen molar-refractivity contribution in [3.63, 3.8) is 0 Å². The van der Waals surface area contributed by atoms with E-state index in [0.29, 0.717) is 22.2 Å². The summed E-state index contributed by atoms with van der Waals surface area (Å²) in [5.41, 5.74) is 0.810. The molecule has 0 bridgehead atoms. The van der Waals surface area contributed by atoms with E-state index in [1.54, 1.807) is 6.07 Å². The average Bonchev–Trinajstić information content (AvgIpc) is 2.44. The quantitative estimate of drug-likeness (QED) is 0.879.